The molecule has 3 nitrogen and oxygen atoms in total. The van der Waals surface area contributed by atoms with Gasteiger partial charge in [0.2, 0.25) is 0 Å². The molecule has 3 heteroatoms. The third-order valence-corrected chi connectivity index (χ3v) is 2.63. The first-order valence-electron chi connectivity index (χ1n) is 6.53. The fourth-order valence-electron chi connectivity index (χ4n) is 1.20. The van der Waals surface area contributed by atoms with Gasteiger partial charge in [0.15, 0.2) is 0 Å². The van der Waals surface area contributed by atoms with Crippen molar-refractivity contribution in [1.82, 2.24) is 4.90 Å². The van der Waals surface area contributed by atoms with Crippen LogP contribution in [-0.2, 0) is 0 Å². The quantitative estimate of drug-likeness (QED) is 0.644. The number of piperidine rings is 1. The molecule has 0 aromatic carbocycles. The summed E-state index contributed by atoms with van der Waals surface area (Å²) in [5, 5.41) is 8.55. The molecule has 1 amide bonds. The number of hydrogen-bond donors (Lipinski definition) is 1. The first-order chi connectivity index (χ1) is 8.38. The van der Waals surface area contributed by atoms with Crippen LogP contribution < -0.4 is 0 Å². The van der Waals surface area contributed by atoms with E-state index in [4.69, 9.17) is 5.11 Å². The zero-order valence-corrected chi connectivity index (χ0v) is 12.6. The molecule has 0 aliphatic carbocycles. The van der Waals surface area contributed by atoms with E-state index in [0.29, 0.717) is 5.92 Å². The Morgan fingerprint density at radius 2 is 1.61 bits per heavy atom. The lowest BCUT2D eigenvalue weighted by Crippen LogP contribution is -2.36. The molecule has 0 aromatic rings. The Bertz CT molecular complexity index is 247. The molecule has 1 heterocycles. The number of nitrogens with zero attached hydrogens (tertiary/aromatic N) is 1. The van der Waals surface area contributed by atoms with Crippen LogP contribution >= 0.6 is 0 Å². The van der Waals surface area contributed by atoms with Crippen molar-refractivity contribution in [2.45, 2.75) is 47.5 Å². The van der Waals surface area contributed by atoms with E-state index in [-0.39, 0.29) is 0 Å². The summed E-state index contributed by atoms with van der Waals surface area (Å²) in [6.07, 6.45) is 5.10. The van der Waals surface area contributed by atoms with Crippen molar-refractivity contribution >= 4 is 6.09 Å². The number of carbonyl (C=O) groups is 1. The Morgan fingerprint density at radius 1 is 1.28 bits per heavy atom. The summed E-state index contributed by atoms with van der Waals surface area (Å²) in [6.45, 7) is 15.1. The molecule has 0 bridgehead atoms. The van der Waals surface area contributed by atoms with E-state index in [1.165, 1.54) is 10.5 Å². The van der Waals surface area contributed by atoms with E-state index in [1.54, 1.807) is 6.08 Å². The van der Waals surface area contributed by atoms with Crippen LogP contribution in [0, 0.1) is 5.92 Å². The maximum atomic E-state index is 10.4. The van der Waals surface area contributed by atoms with E-state index >= 15 is 0 Å². The molecule has 1 saturated heterocycles. The van der Waals surface area contributed by atoms with Gasteiger partial charge in [-0.1, -0.05) is 24.6 Å². The highest BCUT2D eigenvalue weighted by Gasteiger charge is 2.18. The van der Waals surface area contributed by atoms with Crippen LogP contribution in [0.2, 0.25) is 0 Å². The Hall–Kier alpha value is -1.25. The van der Waals surface area contributed by atoms with Gasteiger partial charge in [0.25, 0.3) is 0 Å². The molecule has 0 spiro atoms. The van der Waals surface area contributed by atoms with Gasteiger partial charge < -0.3 is 10.0 Å². The lowest BCUT2D eigenvalue weighted by atomic mass is 10.00. The maximum Gasteiger partial charge on any atom is 0.407 e. The number of allylic oxidation sites excluding steroid dienone is 3. The molecule has 106 valence electrons. The number of likely N-dealkylation sites (tertiary alicyclic amines) is 1. The van der Waals surface area contributed by atoms with Crippen molar-refractivity contribution in [3.8, 4) is 0 Å². The fourth-order valence-corrected chi connectivity index (χ4v) is 1.20. The second-order valence-electron chi connectivity index (χ2n) is 4.73. The van der Waals surface area contributed by atoms with E-state index in [2.05, 4.69) is 33.4 Å². The fraction of sp³-hybridized carbons (Fsp3) is 0.667. The highest BCUT2D eigenvalue weighted by atomic mass is 16.4. The molecule has 0 saturated carbocycles. The lowest BCUT2D eigenvalue weighted by Gasteiger charge is -2.27. The van der Waals surface area contributed by atoms with Gasteiger partial charge >= 0.3 is 6.09 Å². The van der Waals surface area contributed by atoms with Crippen molar-refractivity contribution in [2.75, 3.05) is 13.1 Å². The monoisotopic (exact) mass is 255 g/mol. The van der Waals surface area contributed by atoms with E-state index in [0.717, 1.165) is 25.9 Å². The Labute approximate surface area is 112 Å². The largest absolute Gasteiger partial charge is 0.465 e. The van der Waals surface area contributed by atoms with Crippen LogP contribution in [0.4, 0.5) is 4.79 Å². The predicted octanol–water partition coefficient (Wildman–Crippen LogP) is 4.56. The number of carboxylic acid groups (broad SMARTS) is 1. The summed E-state index contributed by atoms with van der Waals surface area (Å²) in [7, 11) is 0. The van der Waals surface area contributed by atoms with Gasteiger partial charge in [0, 0.05) is 13.1 Å². The second kappa shape index (κ2) is 12.2. The molecule has 0 unspecified atom stereocenters. The minimum absolute atomic E-state index is 0.704. The lowest BCUT2D eigenvalue weighted by molar-refractivity contribution is 0.127. The number of rotatable bonds is 0. The average Bonchev–Trinajstić information content (AvgIpc) is 2.31. The van der Waals surface area contributed by atoms with Gasteiger partial charge in [-0.2, -0.15) is 0 Å². The molecule has 1 aliphatic heterocycles. The van der Waals surface area contributed by atoms with Crippen molar-refractivity contribution in [1.29, 1.82) is 0 Å². The Kier molecular flexibility index (Phi) is 13.0. The summed E-state index contributed by atoms with van der Waals surface area (Å²) < 4.78 is 0. The van der Waals surface area contributed by atoms with E-state index in [1.807, 2.05) is 13.8 Å². The molecule has 1 aliphatic rings. The van der Waals surface area contributed by atoms with Crippen molar-refractivity contribution in [2.24, 2.45) is 5.92 Å². The van der Waals surface area contributed by atoms with Gasteiger partial charge in [-0.15, -0.1) is 6.58 Å². The molecule has 1 rings (SSSR count). The Balaban J connectivity index is 0. The molecule has 18 heavy (non-hydrogen) atoms. The molecular formula is C15H29NO2. The standard InChI is InChI=1S/C7H13NO2.C5H10.C3H6/c1-6-2-4-8(5-3-6)7(9)10;1-4-5(2)3;1-3-2/h6H,2-5H2,1H3,(H,9,10);4H,1-3H3;3H,1H2,2H3. The maximum absolute atomic E-state index is 10.4. The summed E-state index contributed by atoms with van der Waals surface area (Å²) in [4.78, 5) is 11.9. The normalized spacial score (nSPS) is 14.4. The zero-order valence-electron chi connectivity index (χ0n) is 12.6. The smallest absolute Gasteiger partial charge is 0.407 e. The first-order valence-corrected chi connectivity index (χ1v) is 6.53. The van der Waals surface area contributed by atoms with Crippen LogP contribution in [0.25, 0.3) is 0 Å². The number of hydrogen-bond acceptors (Lipinski definition) is 1. The molecule has 0 aromatic heterocycles. The third-order valence-electron chi connectivity index (χ3n) is 2.63. The minimum atomic E-state index is -0.771. The van der Waals surface area contributed by atoms with Crippen LogP contribution in [0.15, 0.2) is 24.3 Å². The van der Waals surface area contributed by atoms with Gasteiger partial charge in [-0.3, -0.25) is 0 Å². The highest BCUT2D eigenvalue weighted by Crippen LogP contribution is 2.15. The van der Waals surface area contributed by atoms with Gasteiger partial charge in [0.1, 0.15) is 0 Å². The summed E-state index contributed by atoms with van der Waals surface area (Å²) in [5.41, 5.74) is 1.38. The molecule has 1 N–H and O–H groups in total. The summed E-state index contributed by atoms with van der Waals surface area (Å²) in [5.74, 6) is 0.704. The predicted molar refractivity (Wildman–Crippen MR) is 79.0 cm³/mol. The second-order valence-corrected chi connectivity index (χ2v) is 4.73. The molecule has 1 fully saturated rings. The summed E-state index contributed by atoms with van der Waals surface area (Å²) >= 11 is 0. The zero-order chi connectivity index (χ0) is 14.6. The van der Waals surface area contributed by atoms with E-state index in [9.17, 15) is 4.79 Å². The highest BCUT2D eigenvalue weighted by molar-refractivity contribution is 5.64. The van der Waals surface area contributed by atoms with Crippen molar-refractivity contribution in [3.05, 3.63) is 24.3 Å². The van der Waals surface area contributed by atoms with Gasteiger partial charge in [-0.25, -0.2) is 4.79 Å². The third kappa shape index (κ3) is 12.8. The van der Waals surface area contributed by atoms with Crippen LogP contribution in [0.5, 0.6) is 0 Å². The van der Waals surface area contributed by atoms with E-state index < -0.39 is 6.09 Å². The Morgan fingerprint density at radius 3 is 1.83 bits per heavy atom. The van der Waals surface area contributed by atoms with Crippen LogP contribution in [0.1, 0.15) is 47.5 Å². The van der Waals surface area contributed by atoms with Crippen LogP contribution in [0.3, 0.4) is 0 Å². The topological polar surface area (TPSA) is 40.5 Å². The summed E-state index contributed by atoms with van der Waals surface area (Å²) in [6, 6.07) is 0. The van der Waals surface area contributed by atoms with Crippen molar-refractivity contribution < 1.29 is 9.90 Å². The van der Waals surface area contributed by atoms with Crippen LogP contribution in [-0.4, -0.2) is 29.2 Å². The molecule has 0 atom stereocenters. The molecule has 0 radical (unpaired) electrons. The SMILES string of the molecule is C=CC.CC1CCN(C(=O)O)CC1.CC=C(C)C. The van der Waals surface area contributed by atoms with Crippen molar-refractivity contribution in [3.63, 3.8) is 0 Å². The molecular weight excluding hydrogens is 226 g/mol. The first kappa shape index (κ1) is 19.1. The van der Waals surface area contributed by atoms with Gasteiger partial charge in [-0.05, 0) is 46.5 Å². The minimum Gasteiger partial charge on any atom is -0.465 e. The number of amides is 1. The average molecular weight is 255 g/mol. The van der Waals surface area contributed by atoms with Gasteiger partial charge in [0.05, 0.1) is 0 Å².